The maximum absolute atomic E-state index is 13.1. The summed E-state index contributed by atoms with van der Waals surface area (Å²) in [5.41, 5.74) is 4.37. The molecule has 1 aromatic rings. The van der Waals surface area contributed by atoms with Crippen molar-refractivity contribution in [2.75, 3.05) is 31.1 Å². The van der Waals surface area contributed by atoms with Crippen LogP contribution >= 0.6 is 0 Å². The zero-order valence-corrected chi connectivity index (χ0v) is 21.2. The smallest absolute Gasteiger partial charge is 0.201 e. The Hall–Kier alpha value is -3.92. The van der Waals surface area contributed by atoms with Crippen LogP contribution in [0.3, 0.4) is 0 Å². The number of anilines is 1. The van der Waals surface area contributed by atoms with Crippen molar-refractivity contribution >= 4 is 22.8 Å². The summed E-state index contributed by atoms with van der Waals surface area (Å²) in [5, 5.41) is 10.8. The monoisotopic (exact) mass is 481 g/mol. The van der Waals surface area contributed by atoms with Gasteiger partial charge in [0.25, 0.3) is 0 Å². The van der Waals surface area contributed by atoms with Crippen LogP contribution in [-0.4, -0.2) is 47.4 Å². The van der Waals surface area contributed by atoms with E-state index >= 15 is 0 Å². The number of carbonyl (C=O) groups is 1. The molecule has 1 aromatic carbocycles. The van der Waals surface area contributed by atoms with Crippen molar-refractivity contribution in [1.82, 2.24) is 0 Å². The van der Waals surface area contributed by atoms with Gasteiger partial charge in [0.15, 0.2) is 5.71 Å². The highest BCUT2D eigenvalue weighted by Crippen LogP contribution is 2.39. The van der Waals surface area contributed by atoms with Crippen LogP contribution in [0.4, 0.5) is 5.69 Å². The molecule has 0 unspecified atom stereocenters. The Morgan fingerprint density at radius 1 is 0.750 bits per heavy atom. The van der Waals surface area contributed by atoms with E-state index in [9.17, 15) is 9.90 Å². The lowest BCUT2D eigenvalue weighted by Crippen LogP contribution is -2.25. The molecule has 0 amide bonds. The van der Waals surface area contributed by atoms with Gasteiger partial charge < -0.3 is 10.0 Å². The van der Waals surface area contributed by atoms with Gasteiger partial charge >= 0.3 is 0 Å². The number of carbonyl (C=O) groups excluding carboxylic acids is 1. The Morgan fingerprint density at radius 3 is 1.75 bits per heavy atom. The number of ketones is 1. The SMILES string of the molecule is C=CCCN(CCC=C)c1ccc(C2=C(O)C(=C3C=CC(=[N+](CCC=C)CCC=C)C=C3)C2=O)cc1. The van der Waals surface area contributed by atoms with Gasteiger partial charge in [0, 0.05) is 43.8 Å². The number of aliphatic hydroxyl groups is 1. The van der Waals surface area contributed by atoms with E-state index in [4.69, 9.17) is 0 Å². The molecule has 0 aromatic heterocycles. The van der Waals surface area contributed by atoms with Crippen LogP contribution in [0, 0.1) is 0 Å². The normalized spacial score (nSPS) is 14.6. The summed E-state index contributed by atoms with van der Waals surface area (Å²) < 4.78 is 2.27. The first-order valence-corrected chi connectivity index (χ1v) is 12.5. The molecule has 0 heterocycles. The lowest BCUT2D eigenvalue weighted by molar-refractivity contribution is -0.524. The van der Waals surface area contributed by atoms with Gasteiger partial charge in [0.2, 0.25) is 5.78 Å². The van der Waals surface area contributed by atoms with Crippen LogP contribution in [0.1, 0.15) is 31.2 Å². The second-order valence-electron chi connectivity index (χ2n) is 8.80. The van der Waals surface area contributed by atoms with Gasteiger partial charge in [0.1, 0.15) is 18.8 Å². The highest BCUT2D eigenvalue weighted by molar-refractivity contribution is 6.39. The van der Waals surface area contributed by atoms with E-state index in [1.54, 1.807) is 0 Å². The average Bonchev–Trinajstić information content (AvgIpc) is 2.90. The van der Waals surface area contributed by atoms with Gasteiger partial charge in [-0.15, -0.1) is 26.3 Å². The maximum Gasteiger partial charge on any atom is 0.201 e. The molecule has 2 aliphatic rings. The summed E-state index contributed by atoms with van der Waals surface area (Å²) in [7, 11) is 0. The zero-order chi connectivity index (χ0) is 25.9. The molecule has 3 rings (SSSR count). The van der Waals surface area contributed by atoms with Crippen molar-refractivity contribution in [2.45, 2.75) is 25.7 Å². The van der Waals surface area contributed by atoms with Crippen LogP contribution in [0.15, 0.2) is 116 Å². The quantitative estimate of drug-likeness (QED) is 0.187. The Balaban J connectivity index is 1.82. The second-order valence-corrected chi connectivity index (χ2v) is 8.80. The van der Waals surface area contributed by atoms with Gasteiger partial charge in [-0.1, -0.05) is 36.4 Å². The lowest BCUT2D eigenvalue weighted by Gasteiger charge is -2.26. The van der Waals surface area contributed by atoms with Crippen molar-refractivity contribution in [1.29, 1.82) is 0 Å². The molecule has 0 aliphatic heterocycles. The van der Waals surface area contributed by atoms with Crippen molar-refractivity contribution in [3.63, 3.8) is 0 Å². The molecule has 0 saturated heterocycles. The molecule has 36 heavy (non-hydrogen) atoms. The first kappa shape index (κ1) is 26.7. The van der Waals surface area contributed by atoms with Crippen molar-refractivity contribution in [2.24, 2.45) is 0 Å². The third-order valence-electron chi connectivity index (χ3n) is 6.38. The summed E-state index contributed by atoms with van der Waals surface area (Å²) in [6, 6.07) is 7.82. The highest BCUT2D eigenvalue weighted by atomic mass is 16.3. The molecule has 0 fully saturated rings. The number of aliphatic hydroxyl groups excluding tert-OH is 1. The molecule has 4 nitrogen and oxygen atoms in total. The minimum Gasteiger partial charge on any atom is -0.506 e. The third-order valence-corrected chi connectivity index (χ3v) is 6.38. The molecule has 186 valence electrons. The van der Waals surface area contributed by atoms with E-state index in [1.807, 2.05) is 72.9 Å². The van der Waals surface area contributed by atoms with Crippen molar-refractivity contribution in [3.05, 3.63) is 122 Å². The second kappa shape index (κ2) is 13.2. The molecule has 0 bridgehead atoms. The Kier molecular flexibility index (Phi) is 9.82. The fraction of sp³-hybridized carbons (Fsp3) is 0.250. The van der Waals surface area contributed by atoms with Crippen LogP contribution < -0.4 is 4.90 Å². The summed E-state index contributed by atoms with van der Waals surface area (Å²) in [6.45, 7) is 18.8. The first-order valence-electron chi connectivity index (χ1n) is 12.5. The molecular weight excluding hydrogens is 444 g/mol. The number of nitrogens with zero attached hydrogens (tertiary/aromatic N) is 2. The Labute approximate surface area is 215 Å². The Bertz CT molecular complexity index is 1130. The Morgan fingerprint density at radius 2 is 1.28 bits per heavy atom. The summed E-state index contributed by atoms with van der Waals surface area (Å²) in [4.78, 5) is 15.3. The number of hydrogen-bond donors (Lipinski definition) is 1. The van der Waals surface area contributed by atoms with E-state index in [1.165, 1.54) is 0 Å². The predicted molar refractivity (Wildman–Crippen MR) is 153 cm³/mol. The standard InChI is InChI=1S/C32H36N2O2/c1-5-9-21-33(22-10-6-2)27-17-13-25(14-18-27)29-31(35)30(32(29)36)26-15-19-28(20-16-26)34(23-11-7-3)24-12-8-4/h5-8,13-20H,1-4,9-12,21-24H2/p+1. The molecule has 4 heteroatoms. The topological polar surface area (TPSA) is 43.5 Å². The van der Waals surface area contributed by atoms with Crippen LogP contribution in [0.25, 0.3) is 5.57 Å². The largest absolute Gasteiger partial charge is 0.506 e. The molecule has 0 radical (unpaired) electrons. The van der Waals surface area contributed by atoms with Gasteiger partial charge in [-0.3, -0.25) is 4.79 Å². The third kappa shape index (κ3) is 6.19. The number of allylic oxidation sites excluding steroid dienone is 7. The fourth-order valence-corrected chi connectivity index (χ4v) is 4.34. The molecule has 0 atom stereocenters. The molecule has 0 spiro atoms. The zero-order valence-electron chi connectivity index (χ0n) is 21.2. The summed E-state index contributed by atoms with van der Waals surface area (Å²) in [6.07, 6.45) is 19.0. The van der Waals surface area contributed by atoms with E-state index < -0.39 is 0 Å². The molecule has 1 N–H and O–H groups in total. The maximum atomic E-state index is 13.1. The van der Waals surface area contributed by atoms with E-state index in [0.29, 0.717) is 11.1 Å². The molecular formula is C32H37N2O2+. The van der Waals surface area contributed by atoms with Gasteiger partial charge in [0.05, 0.1) is 11.1 Å². The average molecular weight is 482 g/mol. The number of rotatable bonds is 14. The lowest BCUT2D eigenvalue weighted by atomic mass is 9.80. The van der Waals surface area contributed by atoms with E-state index in [-0.39, 0.29) is 11.5 Å². The number of hydrogen-bond acceptors (Lipinski definition) is 3. The summed E-state index contributed by atoms with van der Waals surface area (Å²) in [5.74, 6) is -0.0656. The highest BCUT2D eigenvalue weighted by Gasteiger charge is 2.36. The van der Waals surface area contributed by atoms with E-state index in [2.05, 4.69) is 35.8 Å². The predicted octanol–water partition coefficient (Wildman–Crippen LogP) is 6.53. The summed E-state index contributed by atoms with van der Waals surface area (Å²) >= 11 is 0. The van der Waals surface area contributed by atoms with Crippen LogP contribution in [0.2, 0.25) is 0 Å². The van der Waals surface area contributed by atoms with Gasteiger partial charge in [-0.2, -0.15) is 0 Å². The molecule has 2 aliphatic carbocycles. The van der Waals surface area contributed by atoms with Crippen LogP contribution in [0.5, 0.6) is 0 Å². The van der Waals surface area contributed by atoms with Gasteiger partial charge in [-0.05, 0) is 48.3 Å². The van der Waals surface area contributed by atoms with Gasteiger partial charge in [-0.25, -0.2) is 4.58 Å². The molecule has 0 saturated carbocycles. The van der Waals surface area contributed by atoms with Crippen LogP contribution in [-0.2, 0) is 4.79 Å². The number of benzene rings is 1. The first-order chi connectivity index (χ1) is 17.5. The van der Waals surface area contributed by atoms with E-state index in [0.717, 1.165) is 74.4 Å². The number of Topliss-reactive ketones (excluding diaryl/α,β-unsaturated/α-hetero) is 1. The minimum atomic E-state index is -0.127. The van der Waals surface area contributed by atoms with Crippen molar-refractivity contribution in [3.8, 4) is 0 Å². The fourth-order valence-electron chi connectivity index (χ4n) is 4.34. The van der Waals surface area contributed by atoms with Crippen molar-refractivity contribution < 1.29 is 14.5 Å². The minimum absolute atomic E-state index is 0.0610.